The van der Waals surface area contributed by atoms with Gasteiger partial charge >= 0.3 is 5.76 Å². The van der Waals surface area contributed by atoms with Crippen LogP contribution in [-0.2, 0) is 0 Å². The molecule has 1 heterocycles. The number of benzene rings is 2. The number of nitrogens with one attached hydrogen (secondary N) is 2. The number of aromatic nitrogens is 1. The molecule has 0 saturated heterocycles. The molecule has 0 saturated carbocycles. The van der Waals surface area contributed by atoms with Gasteiger partial charge in [0.2, 0.25) is 0 Å². The van der Waals surface area contributed by atoms with Crippen LogP contribution in [0.2, 0.25) is 0 Å². The molecule has 102 valence electrons. The van der Waals surface area contributed by atoms with Crippen LogP contribution in [0.25, 0.3) is 11.1 Å². The number of aromatic amines is 1. The van der Waals surface area contributed by atoms with Crippen LogP contribution in [0.15, 0.2) is 51.7 Å². The number of fused-ring (bicyclic) bond motifs is 1. The van der Waals surface area contributed by atoms with Gasteiger partial charge in [0.1, 0.15) is 0 Å². The molecule has 0 amide bonds. The maximum absolute atomic E-state index is 11.2. The first-order chi connectivity index (χ1) is 9.67. The lowest BCUT2D eigenvalue weighted by atomic mass is 10.2. The first-order valence-corrected chi connectivity index (χ1v) is 6.32. The van der Waals surface area contributed by atoms with Gasteiger partial charge in [-0.15, -0.1) is 0 Å². The second-order valence-electron chi connectivity index (χ2n) is 4.55. The van der Waals surface area contributed by atoms with Crippen molar-refractivity contribution in [2.24, 2.45) is 0 Å². The summed E-state index contributed by atoms with van der Waals surface area (Å²) in [5, 5.41) is 3.12. The Morgan fingerprint density at radius 2 is 1.95 bits per heavy atom. The molecule has 0 aliphatic heterocycles. The summed E-state index contributed by atoms with van der Waals surface area (Å²) in [5.41, 5.74) is 4.34. The minimum Gasteiger partial charge on any atom is -0.408 e. The van der Waals surface area contributed by atoms with E-state index in [9.17, 15) is 4.79 Å². The van der Waals surface area contributed by atoms with Crippen molar-refractivity contribution < 1.29 is 4.42 Å². The molecular formula is C15H15N3O2. The molecule has 3 aromatic rings. The molecule has 1 aromatic heterocycles. The van der Waals surface area contributed by atoms with Gasteiger partial charge in [0, 0.05) is 31.2 Å². The molecule has 0 aliphatic carbocycles. The predicted octanol–water partition coefficient (Wildman–Crippen LogP) is 2.93. The van der Waals surface area contributed by atoms with Crippen molar-refractivity contribution >= 4 is 28.2 Å². The fraction of sp³-hybridized carbons (Fsp3) is 0.133. The van der Waals surface area contributed by atoms with Crippen molar-refractivity contribution in [2.75, 3.05) is 24.3 Å². The minimum atomic E-state index is -0.433. The summed E-state index contributed by atoms with van der Waals surface area (Å²) in [7, 11) is 3.87. The highest BCUT2D eigenvalue weighted by atomic mass is 16.4. The van der Waals surface area contributed by atoms with Crippen LogP contribution in [0.1, 0.15) is 0 Å². The molecule has 0 spiro atoms. The predicted molar refractivity (Wildman–Crippen MR) is 80.9 cm³/mol. The third-order valence-corrected chi connectivity index (χ3v) is 3.31. The molecule has 0 fully saturated rings. The fourth-order valence-electron chi connectivity index (χ4n) is 2.17. The molecule has 0 bridgehead atoms. The van der Waals surface area contributed by atoms with Crippen molar-refractivity contribution in [1.29, 1.82) is 0 Å². The standard InChI is InChI=1S/C15H15N3O2/c1-16-10-4-3-5-11(8-10)18(2)12-6-7-14-13(9-12)17-15(19)20-14/h3-9,16H,1-2H3,(H,17,19). The van der Waals surface area contributed by atoms with Crippen LogP contribution >= 0.6 is 0 Å². The SMILES string of the molecule is CNc1cccc(N(C)c2ccc3oc(=O)[nH]c3c2)c1. The number of H-pyrrole nitrogens is 1. The van der Waals surface area contributed by atoms with E-state index in [1.165, 1.54) is 0 Å². The molecule has 3 rings (SSSR count). The van der Waals surface area contributed by atoms with E-state index in [4.69, 9.17) is 4.42 Å². The van der Waals surface area contributed by atoms with E-state index in [0.29, 0.717) is 11.1 Å². The highest BCUT2D eigenvalue weighted by Gasteiger charge is 2.07. The van der Waals surface area contributed by atoms with Gasteiger partial charge in [-0.25, -0.2) is 4.79 Å². The van der Waals surface area contributed by atoms with Gasteiger partial charge in [-0.3, -0.25) is 4.98 Å². The van der Waals surface area contributed by atoms with E-state index in [1.807, 2.05) is 49.3 Å². The van der Waals surface area contributed by atoms with Crippen LogP contribution in [-0.4, -0.2) is 19.1 Å². The zero-order valence-electron chi connectivity index (χ0n) is 11.3. The van der Waals surface area contributed by atoms with Crippen molar-refractivity contribution in [2.45, 2.75) is 0 Å². The lowest BCUT2D eigenvalue weighted by molar-refractivity contribution is 0.555. The van der Waals surface area contributed by atoms with E-state index in [-0.39, 0.29) is 0 Å². The molecule has 2 aromatic carbocycles. The Morgan fingerprint density at radius 1 is 1.15 bits per heavy atom. The molecule has 20 heavy (non-hydrogen) atoms. The van der Waals surface area contributed by atoms with Gasteiger partial charge in [-0.2, -0.15) is 0 Å². The van der Waals surface area contributed by atoms with E-state index in [1.54, 1.807) is 6.07 Å². The summed E-state index contributed by atoms with van der Waals surface area (Å²) in [6.45, 7) is 0. The van der Waals surface area contributed by atoms with Crippen molar-refractivity contribution in [3.05, 3.63) is 53.0 Å². The molecule has 2 N–H and O–H groups in total. The molecule has 5 heteroatoms. The van der Waals surface area contributed by atoms with Crippen LogP contribution < -0.4 is 16.0 Å². The van der Waals surface area contributed by atoms with E-state index in [2.05, 4.69) is 16.4 Å². The number of hydrogen-bond donors (Lipinski definition) is 2. The van der Waals surface area contributed by atoms with Crippen molar-refractivity contribution in [1.82, 2.24) is 4.98 Å². The number of rotatable bonds is 3. The maximum Gasteiger partial charge on any atom is 0.417 e. The lowest BCUT2D eigenvalue weighted by Crippen LogP contribution is -2.09. The molecule has 0 atom stereocenters. The highest BCUT2D eigenvalue weighted by Crippen LogP contribution is 2.27. The molecule has 0 unspecified atom stereocenters. The van der Waals surface area contributed by atoms with Crippen LogP contribution in [0.3, 0.4) is 0 Å². The third-order valence-electron chi connectivity index (χ3n) is 3.31. The summed E-state index contributed by atoms with van der Waals surface area (Å²) in [5.74, 6) is -0.433. The van der Waals surface area contributed by atoms with Gasteiger partial charge in [0.15, 0.2) is 5.58 Å². The highest BCUT2D eigenvalue weighted by molar-refractivity contribution is 5.79. The molecule has 5 nitrogen and oxygen atoms in total. The van der Waals surface area contributed by atoms with Crippen molar-refractivity contribution in [3.63, 3.8) is 0 Å². The Labute approximate surface area is 115 Å². The normalized spacial score (nSPS) is 10.7. The smallest absolute Gasteiger partial charge is 0.408 e. The van der Waals surface area contributed by atoms with E-state index < -0.39 is 5.76 Å². The third kappa shape index (κ3) is 2.14. The summed E-state index contributed by atoms with van der Waals surface area (Å²) in [6.07, 6.45) is 0. The van der Waals surface area contributed by atoms with Crippen LogP contribution in [0, 0.1) is 0 Å². The van der Waals surface area contributed by atoms with Crippen LogP contribution in [0.5, 0.6) is 0 Å². The number of anilines is 3. The van der Waals surface area contributed by atoms with Gasteiger partial charge in [0.25, 0.3) is 0 Å². The van der Waals surface area contributed by atoms with Crippen molar-refractivity contribution in [3.8, 4) is 0 Å². The first kappa shape index (κ1) is 12.3. The molecule has 0 aliphatic rings. The zero-order valence-corrected chi connectivity index (χ0v) is 11.3. The summed E-state index contributed by atoms with van der Waals surface area (Å²) < 4.78 is 5.01. The first-order valence-electron chi connectivity index (χ1n) is 6.32. The maximum atomic E-state index is 11.2. The summed E-state index contributed by atoms with van der Waals surface area (Å²) in [6, 6.07) is 13.7. The summed E-state index contributed by atoms with van der Waals surface area (Å²) in [4.78, 5) is 15.9. The second-order valence-corrected chi connectivity index (χ2v) is 4.55. The lowest BCUT2D eigenvalue weighted by Gasteiger charge is -2.20. The largest absolute Gasteiger partial charge is 0.417 e. The van der Waals surface area contributed by atoms with Crippen LogP contribution in [0.4, 0.5) is 17.1 Å². The van der Waals surface area contributed by atoms with E-state index >= 15 is 0 Å². The van der Waals surface area contributed by atoms with E-state index in [0.717, 1.165) is 17.1 Å². The number of hydrogen-bond acceptors (Lipinski definition) is 4. The monoisotopic (exact) mass is 269 g/mol. The minimum absolute atomic E-state index is 0.433. The number of oxazole rings is 1. The summed E-state index contributed by atoms with van der Waals surface area (Å²) >= 11 is 0. The second kappa shape index (κ2) is 4.77. The van der Waals surface area contributed by atoms with Gasteiger partial charge in [-0.05, 0) is 36.4 Å². The Morgan fingerprint density at radius 3 is 2.75 bits per heavy atom. The number of nitrogens with zero attached hydrogens (tertiary/aromatic N) is 1. The Kier molecular flexibility index (Phi) is 2.95. The Bertz CT molecular complexity index is 804. The fourth-order valence-corrected chi connectivity index (χ4v) is 2.17. The van der Waals surface area contributed by atoms with Gasteiger partial charge in [-0.1, -0.05) is 6.07 Å². The topological polar surface area (TPSA) is 61.3 Å². The molecule has 0 radical (unpaired) electrons. The average Bonchev–Trinajstić information content (AvgIpc) is 2.85. The zero-order chi connectivity index (χ0) is 14.1. The quantitative estimate of drug-likeness (QED) is 0.767. The molecular weight excluding hydrogens is 254 g/mol. The van der Waals surface area contributed by atoms with Gasteiger partial charge < -0.3 is 14.6 Å². The van der Waals surface area contributed by atoms with Gasteiger partial charge in [0.05, 0.1) is 5.52 Å². The Balaban J connectivity index is 2.02. The average molecular weight is 269 g/mol. The Hall–Kier alpha value is -2.69.